The monoisotopic (exact) mass is 428 g/mol. The molecule has 1 aliphatic heterocycles. The Hall–Kier alpha value is -0.230. The Balaban J connectivity index is 1.89. The van der Waals surface area contributed by atoms with Gasteiger partial charge in [-0.25, -0.2) is 4.99 Å². The van der Waals surface area contributed by atoms with Crippen LogP contribution in [0.2, 0.25) is 0 Å². The zero-order valence-electron chi connectivity index (χ0n) is 13.7. The van der Waals surface area contributed by atoms with Crippen LogP contribution in [-0.2, 0) is 0 Å². The summed E-state index contributed by atoms with van der Waals surface area (Å²) in [5.41, 5.74) is 2.41. The molecule has 1 heterocycles. The van der Waals surface area contributed by atoms with E-state index in [1.165, 1.54) is 46.5 Å². The number of aliphatic imine (C=N–C) groups is 1. The van der Waals surface area contributed by atoms with Crippen LogP contribution in [0, 0.1) is 16.4 Å². The van der Waals surface area contributed by atoms with Crippen molar-refractivity contribution >= 4 is 45.2 Å². The van der Waals surface area contributed by atoms with Crippen LogP contribution in [-0.4, -0.2) is 27.9 Å². The Morgan fingerprint density at radius 3 is 2.68 bits per heavy atom. The maximum absolute atomic E-state index is 5.05. The van der Waals surface area contributed by atoms with Gasteiger partial charge in [0.25, 0.3) is 0 Å². The zero-order valence-corrected chi connectivity index (χ0v) is 16.7. The number of amidine groups is 1. The number of aryl methyl sites for hydroxylation is 1. The SMILES string of the molecule is Cc1cc(I)ccc1/N=C1\SC2(CCCC2)CN1CC(C)C. The molecule has 1 spiro atoms. The minimum absolute atomic E-state index is 0.449. The van der Waals surface area contributed by atoms with Gasteiger partial charge in [0.1, 0.15) is 0 Å². The highest BCUT2D eigenvalue weighted by Gasteiger charge is 2.44. The van der Waals surface area contributed by atoms with E-state index in [2.05, 4.69) is 78.2 Å². The number of benzene rings is 1. The molecule has 1 aromatic carbocycles. The van der Waals surface area contributed by atoms with Gasteiger partial charge in [-0.2, -0.15) is 0 Å². The highest BCUT2D eigenvalue weighted by Crippen LogP contribution is 2.48. The fraction of sp³-hybridized carbons (Fsp3) is 0.611. The van der Waals surface area contributed by atoms with E-state index in [0.29, 0.717) is 10.7 Å². The van der Waals surface area contributed by atoms with E-state index in [0.717, 1.165) is 12.2 Å². The second-order valence-electron chi connectivity index (χ2n) is 7.09. The van der Waals surface area contributed by atoms with Crippen LogP contribution in [0.4, 0.5) is 5.69 Å². The van der Waals surface area contributed by atoms with E-state index >= 15 is 0 Å². The highest BCUT2D eigenvalue weighted by atomic mass is 127. The van der Waals surface area contributed by atoms with Crippen molar-refractivity contribution in [2.24, 2.45) is 10.9 Å². The molecule has 4 heteroatoms. The van der Waals surface area contributed by atoms with Crippen LogP contribution in [0.5, 0.6) is 0 Å². The number of hydrogen-bond acceptors (Lipinski definition) is 2. The van der Waals surface area contributed by atoms with Crippen LogP contribution in [0.25, 0.3) is 0 Å². The molecule has 120 valence electrons. The van der Waals surface area contributed by atoms with Crippen LogP contribution in [0.3, 0.4) is 0 Å². The molecule has 1 saturated heterocycles. The van der Waals surface area contributed by atoms with Crippen molar-refractivity contribution in [2.45, 2.75) is 51.2 Å². The first-order valence-electron chi connectivity index (χ1n) is 8.26. The largest absolute Gasteiger partial charge is 0.350 e. The summed E-state index contributed by atoms with van der Waals surface area (Å²) in [4.78, 5) is 7.59. The van der Waals surface area contributed by atoms with Crippen molar-refractivity contribution in [3.05, 3.63) is 27.3 Å². The fourth-order valence-corrected chi connectivity index (χ4v) is 5.67. The van der Waals surface area contributed by atoms with Gasteiger partial charge in [0.15, 0.2) is 5.17 Å². The third kappa shape index (κ3) is 3.64. The van der Waals surface area contributed by atoms with Gasteiger partial charge in [0, 0.05) is 21.4 Å². The summed E-state index contributed by atoms with van der Waals surface area (Å²) in [5, 5.41) is 1.25. The normalized spacial score (nSPS) is 22.4. The summed E-state index contributed by atoms with van der Waals surface area (Å²) in [7, 11) is 0. The van der Waals surface area contributed by atoms with E-state index in [1.807, 2.05) is 0 Å². The molecule has 1 saturated carbocycles. The molecule has 0 unspecified atom stereocenters. The van der Waals surface area contributed by atoms with Gasteiger partial charge in [-0.1, -0.05) is 38.5 Å². The molecule has 2 fully saturated rings. The van der Waals surface area contributed by atoms with Gasteiger partial charge < -0.3 is 4.90 Å². The molecule has 2 nitrogen and oxygen atoms in total. The van der Waals surface area contributed by atoms with E-state index in [1.54, 1.807) is 0 Å². The summed E-state index contributed by atoms with van der Waals surface area (Å²) in [6, 6.07) is 6.54. The maximum Gasteiger partial charge on any atom is 0.165 e. The fourth-order valence-electron chi connectivity index (χ4n) is 3.51. The predicted octanol–water partition coefficient (Wildman–Crippen LogP) is 5.60. The second kappa shape index (κ2) is 6.71. The Labute approximate surface area is 152 Å². The average molecular weight is 428 g/mol. The minimum atomic E-state index is 0.449. The van der Waals surface area contributed by atoms with Gasteiger partial charge in [0.2, 0.25) is 0 Å². The van der Waals surface area contributed by atoms with Crippen molar-refractivity contribution < 1.29 is 0 Å². The molecule has 0 N–H and O–H groups in total. The van der Waals surface area contributed by atoms with E-state index < -0.39 is 0 Å². The lowest BCUT2D eigenvalue weighted by atomic mass is 10.1. The third-order valence-corrected chi connectivity index (χ3v) is 6.71. The first kappa shape index (κ1) is 16.6. The van der Waals surface area contributed by atoms with Gasteiger partial charge in [-0.3, -0.25) is 0 Å². The molecule has 3 rings (SSSR count). The summed E-state index contributed by atoms with van der Waals surface area (Å²) in [5.74, 6) is 0.681. The van der Waals surface area contributed by atoms with Crippen LogP contribution < -0.4 is 0 Å². The molecule has 0 atom stereocenters. The predicted molar refractivity (Wildman–Crippen MR) is 106 cm³/mol. The lowest BCUT2D eigenvalue weighted by Gasteiger charge is -2.23. The van der Waals surface area contributed by atoms with Crippen LogP contribution >= 0.6 is 34.4 Å². The second-order valence-corrected chi connectivity index (χ2v) is 9.77. The van der Waals surface area contributed by atoms with Crippen molar-refractivity contribution in [3.8, 4) is 0 Å². The Kier molecular flexibility index (Phi) is 5.07. The van der Waals surface area contributed by atoms with Crippen molar-refractivity contribution in [1.82, 2.24) is 4.90 Å². The minimum Gasteiger partial charge on any atom is -0.350 e. The molecule has 0 radical (unpaired) electrons. The Morgan fingerprint density at radius 1 is 1.32 bits per heavy atom. The van der Waals surface area contributed by atoms with Crippen molar-refractivity contribution in [2.75, 3.05) is 13.1 Å². The number of rotatable bonds is 3. The van der Waals surface area contributed by atoms with E-state index in [4.69, 9.17) is 4.99 Å². The summed E-state index contributed by atoms with van der Waals surface area (Å²) in [6.45, 7) is 9.09. The average Bonchev–Trinajstić information content (AvgIpc) is 3.01. The molecular formula is C18H25IN2S. The van der Waals surface area contributed by atoms with E-state index in [9.17, 15) is 0 Å². The molecule has 0 bridgehead atoms. The first-order valence-corrected chi connectivity index (χ1v) is 10.2. The molecule has 1 aromatic rings. The molecular weight excluding hydrogens is 403 g/mol. The van der Waals surface area contributed by atoms with Gasteiger partial charge in [0.05, 0.1) is 5.69 Å². The number of thioether (sulfide) groups is 1. The molecule has 0 amide bonds. The van der Waals surface area contributed by atoms with Gasteiger partial charge in [-0.15, -0.1) is 0 Å². The zero-order chi connectivity index (χ0) is 15.7. The van der Waals surface area contributed by atoms with Crippen molar-refractivity contribution in [1.29, 1.82) is 0 Å². The quantitative estimate of drug-likeness (QED) is 0.582. The maximum atomic E-state index is 5.05. The van der Waals surface area contributed by atoms with Crippen LogP contribution in [0.1, 0.15) is 45.1 Å². The lowest BCUT2D eigenvalue weighted by molar-refractivity contribution is 0.346. The molecule has 2 aliphatic rings. The summed E-state index contributed by atoms with van der Waals surface area (Å²) in [6.07, 6.45) is 5.49. The molecule has 22 heavy (non-hydrogen) atoms. The Bertz CT molecular complexity index is 576. The standard InChI is InChI=1S/C18H25IN2S/c1-13(2)11-21-12-18(8-4-5-9-18)22-17(21)20-16-7-6-15(19)10-14(16)3/h6-7,10,13H,4-5,8-9,11-12H2,1-3H3/b20-17-. The van der Waals surface area contributed by atoms with Gasteiger partial charge in [-0.05, 0) is 72.0 Å². The number of nitrogens with zero attached hydrogens (tertiary/aromatic N) is 2. The first-order chi connectivity index (χ1) is 10.5. The molecule has 1 aliphatic carbocycles. The summed E-state index contributed by atoms with van der Waals surface area (Å²) >= 11 is 4.42. The smallest absolute Gasteiger partial charge is 0.165 e. The highest BCUT2D eigenvalue weighted by molar-refractivity contribution is 14.1. The lowest BCUT2D eigenvalue weighted by Crippen LogP contribution is -2.33. The summed E-state index contributed by atoms with van der Waals surface area (Å²) < 4.78 is 1.73. The number of halogens is 1. The topological polar surface area (TPSA) is 15.6 Å². The number of hydrogen-bond donors (Lipinski definition) is 0. The van der Waals surface area contributed by atoms with Gasteiger partial charge >= 0.3 is 0 Å². The van der Waals surface area contributed by atoms with E-state index in [-0.39, 0.29) is 0 Å². The Morgan fingerprint density at radius 2 is 2.05 bits per heavy atom. The third-order valence-electron chi connectivity index (χ3n) is 4.53. The molecule has 0 aromatic heterocycles. The van der Waals surface area contributed by atoms with Crippen LogP contribution in [0.15, 0.2) is 23.2 Å². The van der Waals surface area contributed by atoms with Crippen molar-refractivity contribution in [3.63, 3.8) is 0 Å².